The van der Waals surface area contributed by atoms with E-state index in [9.17, 15) is 18.3 Å². The fourth-order valence-corrected chi connectivity index (χ4v) is 4.54. The average molecular weight is 354 g/mol. The Morgan fingerprint density at radius 1 is 1.29 bits per heavy atom. The molecule has 2 N–H and O–H groups in total. The first-order chi connectivity index (χ1) is 11.2. The van der Waals surface area contributed by atoms with E-state index in [0.717, 1.165) is 16.8 Å². The van der Waals surface area contributed by atoms with Crippen molar-refractivity contribution < 1.29 is 23.1 Å². The van der Waals surface area contributed by atoms with E-state index in [1.165, 1.54) is 14.0 Å². The molecular weight excluding hydrogens is 332 g/mol. The molecular formula is C16H22N2O5S. The fraction of sp³-hybridized carbons (Fsp3) is 0.562. The van der Waals surface area contributed by atoms with Crippen molar-refractivity contribution in [2.75, 3.05) is 31.7 Å². The monoisotopic (exact) mass is 354 g/mol. The summed E-state index contributed by atoms with van der Waals surface area (Å²) in [5.41, 5.74) is 1.39. The molecule has 1 aromatic carbocycles. The van der Waals surface area contributed by atoms with Crippen molar-refractivity contribution in [3.63, 3.8) is 0 Å². The van der Waals surface area contributed by atoms with E-state index in [0.29, 0.717) is 25.8 Å². The molecule has 1 amide bonds. The average Bonchev–Trinajstić information content (AvgIpc) is 2.95. The minimum Gasteiger partial charge on any atom is -0.386 e. The SMILES string of the molecule is COC[C@](C)(O)CNS(=O)(=O)c1cc2c3c(c1)CCN3C(=O)CC2. The van der Waals surface area contributed by atoms with Crippen LogP contribution in [-0.2, 0) is 32.4 Å². The van der Waals surface area contributed by atoms with Gasteiger partial charge in [0.15, 0.2) is 0 Å². The molecule has 7 nitrogen and oxygen atoms in total. The van der Waals surface area contributed by atoms with Gasteiger partial charge in [0.05, 0.1) is 22.8 Å². The van der Waals surface area contributed by atoms with Gasteiger partial charge in [-0.15, -0.1) is 0 Å². The predicted octanol–water partition coefficient (Wildman–Crippen LogP) is 0.198. The third-order valence-corrected chi connectivity index (χ3v) is 5.81. The van der Waals surface area contributed by atoms with Crippen LogP contribution in [0, 0.1) is 0 Å². The van der Waals surface area contributed by atoms with Crippen LogP contribution in [0.15, 0.2) is 17.0 Å². The van der Waals surface area contributed by atoms with Crippen molar-refractivity contribution in [3.05, 3.63) is 23.3 Å². The maximum atomic E-state index is 12.6. The summed E-state index contributed by atoms with van der Waals surface area (Å²) in [6, 6.07) is 3.27. The molecule has 0 saturated carbocycles. The number of amides is 1. The second-order valence-corrected chi connectivity index (χ2v) is 8.41. The topological polar surface area (TPSA) is 95.9 Å². The molecule has 0 aliphatic carbocycles. The second-order valence-electron chi connectivity index (χ2n) is 6.64. The largest absolute Gasteiger partial charge is 0.386 e. The number of methoxy groups -OCH3 is 1. The molecule has 3 rings (SSSR count). The van der Waals surface area contributed by atoms with Crippen molar-refractivity contribution in [3.8, 4) is 0 Å². The third-order valence-electron chi connectivity index (χ3n) is 4.43. The molecule has 0 aromatic heterocycles. The molecule has 0 radical (unpaired) electrons. The van der Waals surface area contributed by atoms with Gasteiger partial charge in [-0.2, -0.15) is 0 Å². The first kappa shape index (κ1) is 17.3. The van der Waals surface area contributed by atoms with Gasteiger partial charge in [-0.05, 0) is 43.0 Å². The summed E-state index contributed by atoms with van der Waals surface area (Å²) in [5.74, 6) is 0.102. The van der Waals surface area contributed by atoms with Gasteiger partial charge < -0.3 is 14.7 Å². The lowest BCUT2D eigenvalue weighted by atomic mass is 10.00. The fourth-order valence-electron chi connectivity index (χ4n) is 3.28. The Labute approximate surface area is 141 Å². The summed E-state index contributed by atoms with van der Waals surface area (Å²) >= 11 is 0. The van der Waals surface area contributed by atoms with Crippen LogP contribution in [-0.4, -0.2) is 51.8 Å². The van der Waals surface area contributed by atoms with Gasteiger partial charge in [0.2, 0.25) is 15.9 Å². The smallest absolute Gasteiger partial charge is 0.240 e. The van der Waals surface area contributed by atoms with E-state index in [4.69, 9.17) is 4.74 Å². The van der Waals surface area contributed by atoms with Gasteiger partial charge >= 0.3 is 0 Å². The van der Waals surface area contributed by atoms with Crippen LogP contribution < -0.4 is 9.62 Å². The minimum atomic E-state index is -3.74. The molecule has 0 bridgehead atoms. The summed E-state index contributed by atoms with van der Waals surface area (Å²) < 4.78 is 32.5. The number of aliphatic hydroxyl groups is 1. The van der Waals surface area contributed by atoms with Gasteiger partial charge in [-0.3, -0.25) is 4.79 Å². The molecule has 0 fully saturated rings. The van der Waals surface area contributed by atoms with Gasteiger partial charge in [-0.1, -0.05) is 0 Å². The molecule has 1 aromatic rings. The zero-order valence-corrected chi connectivity index (χ0v) is 14.6. The van der Waals surface area contributed by atoms with E-state index < -0.39 is 15.6 Å². The number of benzene rings is 1. The van der Waals surface area contributed by atoms with Crippen LogP contribution in [0.5, 0.6) is 0 Å². The van der Waals surface area contributed by atoms with E-state index in [-0.39, 0.29) is 24.0 Å². The lowest BCUT2D eigenvalue weighted by Gasteiger charge is -2.26. The Hall–Kier alpha value is -1.48. The number of ether oxygens (including phenoxy) is 1. The van der Waals surface area contributed by atoms with Crippen LogP contribution in [0.1, 0.15) is 24.5 Å². The minimum absolute atomic E-state index is 0.0298. The summed E-state index contributed by atoms with van der Waals surface area (Å²) in [5, 5.41) is 10.1. The van der Waals surface area contributed by atoms with Crippen LogP contribution in [0.25, 0.3) is 0 Å². The second kappa shape index (κ2) is 6.11. The van der Waals surface area contributed by atoms with Crippen LogP contribution in [0.3, 0.4) is 0 Å². The highest BCUT2D eigenvalue weighted by molar-refractivity contribution is 7.89. The van der Waals surface area contributed by atoms with E-state index in [1.54, 1.807) is 17.0 Å². The molecule has 1 atom stereocenters. The molecule has 24 heavy (non-hydrogen) atoms. The summed E-state index contributed by atoms with van der Waals surface area (Å²) in [7, 11) is -2.30. The lowest BCUT2D eigenvalue weighted by molar-refractivity contribution is -0.118. The number of aryl methyl sites for hydroxylation is 1. The normalized spacial score (nSPS) is 19.3. The maximum Gasteiger partial charge on any atom is 0.240 e. The number of rotatable bonds is 6. The Balaban J connectivity index is 1.87. The number of sulfonamides is 1. The Morgan fingerprint density at radius 2 is 1.96 bits per heavy atom. The molecule has 2 aliphatic rings. The van der Waals surface area contributed by atoms with Gasteiger partial charge in [-0.25, -0.2) is 13.1 Å². The molecule has 2 aliphatic heterocycles. The van der Waals surface area contributed by atoms with Crippen LogP contribution >= 0.6 is 0 Å². The zero-order valence-electron chi connectivity index (χ0n) is 13.8. The van der Waals surface area contributed by atoms with Crippen molar-refractivity contribution in [1.82, 2.24) is 4.72 Å². The van der Waals surface area contributed by atoms with Crippen molar-refractivity contribution in [1.29, 1.82) is 0 Å². The lowest BCUT2D eigenvalue weighted by Crippen LogP contribution is -2.43. The van der Waals surface area contributed by atoms with Crippen molar-refractivity contribution in [2.24, 2.45) is 0 Å². The zero-order chi connectivity index (χ0) is 17.5. The highest BCUT2D eigenvalue weighted by atomic mass is 32.2. The number of hydrogen-bond donors (Lipinski definition) is 2. The molecule has 2 heterocycles. The van der Waals surface area contributed by atoms with Gasteiger partial charge in [0, 0.05) is 26.6 Å². The van der Waals surface area contributed by atoms with E-state index in [2.05, 4.69) is 4.72 Å². The van der Waals surface area contributed by atoms with Crippen molar-refractivity contribution >= 4 is 21.6 Å². The van der Waals surface area contributed by atoms with Crippen molar-refractivity contribution in [2.45, 2.75) is 36.7 Å². The van der Waals surface area contributed by atoms with Gasteiger partial charge in [0.1, 0.15) is 0 Å². The highest BCUT2D eigenvalue weighted by Gasteiger charge is 2.33. The van der Waals surface area contributed by atoms with Crippen LogP contribution in [0.4, 0.5) is 5.69 Å². The number of hydrogen-bond acceptors (Lipinski definition) is 5. The summed E-state index contributed by atoms with van der Waals surface area (Å²) in [4.78, 5) is 13.9. The quantitative estimate of drug-likeness (QED) is 0.761. The number of anilines is 1. The predicted molar refractivity (Wildman–Crippen MR) is 88.5 cm³/mol. The van der Waals surface area contributed by atoms with E-state index >= 15 is 0 Å². The number of nitrogens with zero attached hydrogens (tertiary/aromatic N) is 1. The molecule has 0 unspecified atom stereocenters. The van der Waals surface area contributed by atoms with E-state index in [1.807, 2.05) is 0 Å². The van der Waals surface area contributed by atoms with Crippen LogP contribution in [0.2, 0.25) is 0 Å². The number of nitrogens with one attached hydrogen (secondary N) is 1. The molecule has 8 heteroatoms. The standard InChI is InChI=1S/C16H22N2O5S/c1-16(20,10-23-2)9-17-24(21,22)13-7-11-3-4-14(19)18-6-5-12(8-13)15(11)18/h7-8,17,20H,3-6,9-10H2,1-2H3/t16-/m1/s1. The first-order valence-corrected chi connectivity index (χ1v) is 9.39. The Bertz CT molecular complexity index is 773. The maximum absolute atomic E-state index is 12.6. The van der Waals surface area contributed by atoms with Gasteiger partial charge in [0.25, 0.3) is 0 Å². The first-order valence-electron chi connectivity index (χ1n) is 7.91. The highest BCUT2D eigenvalue weighted by Crippen LogP contribution is 2.38. The summed E-state index contributed by atoms with van der Waals surface area (Å²) in [6.07, 6.45) is 1.63. The summed E-state index contributed by atoms with van der Waals surface area (Å²) in [6.45, 7) is 2.01. The Kier molecular flexibility index (Phi) is 4.41. The third kappa shape index (κ3) is 3.19. The molecule has 132 valence electrons. The number of carbonyl (C=O) groups is 1. The molecule has 0 saturated heterocycles. The molecule has 0 spiro atoms. The number of carbonyl (C=O) groups excluding carboxylic acids is 1. The Morgan fingerprint density at radius 3 is 2.62 bits per heavy atom.